The van der Waals surface area contributed by atoms with Gasteiger partial charge in [-0.2, -0.15) is 0 Å². The van der Waals surface area contributed by atoms with E-state index in [1.165, 1.54) is 14.0 Å². The van der Waals surface area contributed by atoms with Crippen molar-refractivity contribution in [3.8, 4) is 0 Å². The molecule has 0 aliphatic rings. The van der Waals surface area contributed by atoms with Crippen LogP contribution in [0.5, 0.6) is 0 Å². The first-order valence-corrected chi connectivity index (χ1v) is 5.71. The van der Waals surface area contributed by atoms with Gasteiger partial charge in [-0.25, -0.2) is 0 Å². The number of Topliss-reactive ketones (excluding diaryl/α,β-unsaturated/α-hetero) is 1. The molecule has 0 aromatic heterocycles. The fraction of sp³-hybridized carbons (Fsp3) is 0.667. The number of amides is 1. The molecule has 0 unspecified atom stereocenters. The summed E-state index contributed by atoms with van der Waals surface area (Å²) in [6, 6.07) is -0.427. The van der Waals surface area contributed by atoms with Crippen LogP contribution in [-0.2, 0) is 19.1 Å². The number of ketones is 1. The van der Waals surface area contributed by atoms with Crippen LogP contribution in [0.2, 0.25) is 0 Å². The number of hydrogen-bond donors (Lipinski definition) is 2. The standard InChI is InChI=1S/C6H12N2O2.C3H5BrO2/c1-4(9)2-3-5(7)6(8)10;1-6-3(5)2-4/h5H,2-3,7H2,1H3,(H2,8,10);2H2,1H3/p+1/t5-;/m0./s1. The van der Waals surface area contributed by atoms with E-state index in [1.807, 2.05) is 0 Å². The highest BCUT2D eigenvalue weighted by atomic mass is 79.9. The quantitative estimate of drug-likeness (QED) is 0.500. The van der Waals surface area contributed by atoms with Crippen molar-refractivity contribution in [1.29, 1.82) is 0 Å². The molecule has 0 saturated carbocycles. The van der Waals surface area contributed by atoms with Crippen LogP contribution >= 0.6 is 15.9 Å². The topological polar surface area (TPSA) is 114 Å². The summed E-state index contributed by atoms with van der Waals surface area (Å²) >= 11 is 2.90. The minimum atomic E-state index is -0.443. The van der Waals surface area contributed by atoms with Gasteiger partial charge in [0.2, 0.25) is 0 Å². The number of rotatable bonds is 5. The van der Waals surface area contributed by atoms with E-state index in [-0.39, 0.29) is 17.1 Å². The van der Waals surface area contributed by atoms with Crippen molar-refractivity contribution in [3.05, 3.63) is 0 Å². The Hall–Kier alpha value is -0.950. The molecule has 0 saturated heterocycles. The van der Waals surface area contributed by atoms with E-state index in [1.54, 1.807) is 0 Å². The van der Waals surface area contributed by atoms with Crippen molar-refractivity contribution < 1.29 is 24.9 Å². The molecular formula is C9H18BrN2O4+. The maximum Gasteiger partial charge on any atom is 0.316 e. The summed E-state index contributed by atoms with van der Waals surface area (Å²) in [7, 11) is 1.35. The van der Waals surface area contributed by atoms with Crippen molar-refractivity contribution in [3.63, 3.8) is 0 Å². The Balaban J connectivity index is 0. The summed E-state index contributed by atoms with van der Waals surface area (Å²) in [5, 5.41) is 0.281. The number of alkyl halides is 1. The van der Waals surface area contributed by atoms with Gasteiger partial charge >= 0.3 is 5.97 Å². The van der Waals surface area contributed by atoms with Crippen LogP contribution in [0.25, 0.3) is 0 Å². The summed E-state index contributed by atoms with van der Waals surface area (Å²) in [6.45, 7) is 1.48. The van der Waals surface area contributed by atoms with Gasteiger partial charge in [0.25, 0.3) is 5.91 Å². The van der Waals surface area contributed by atoms with Gasteiger partial charge in [0, 0.05) is 12.8 Å². The van der Waals surface area contributed by atoms with Crippen molar-refractivity contribution in [2.45, 2.75) is 25.8 Å². The second kappa shape index (κ2) is 10.6. The van der Waals surface area contributed by atoms with Crippen LogP contribution in [0.15, 0.2) is 0 Å². The predicted octanol–water partition coefficient (Wildman–Crippen LogP) is -0.994. The molecule has 0 bridgehead atoms. The van der Waals surface area contributed by atoms with Crippen LogP contribution in [0, 0.1) is 0 Å². The minimum absolute atomic E-state index is 0.0647. The molecular weight excluding hydrogens is 280 g/mol. The third kappa shape index (κ3) is 13.1. The molecule has 1 amide bonds. The zero-order chi connectivity index (χ0) is 13.1. The number of carbonyl (C=O) groups excluding carboxylic acids is 3. The second-order valence-electron chi connectivity index (χ2n) is 3.05. The van der Waals surface area contributed by atoms with Crippen LogP contribution in [0.4, 0.5) is 0 Å². The van der Waals surface area contributed by atoms with Gasteiger partial charge in [-0.3, -0.25) is 9.59 Å². The van der Waals surface area contributed by atoms with Gasteiger partial charge in [0.15, 0.2) is 6.04 Å². The number of esters is 1. The average molecular weight is 298 g/mol. The average Bonchev–Trinajstić information content (AvgIpc) is 2.25. The van der Waals surface area contributed by atoms with E-state index in [4.69, 9.17) is 5.73 Å². The van der Waals surface area contributed by atoms with Crippen LogP contribution in [0.3, 0.4) is 0 Å². The highest BCUT2D eigenvalue weighted by molar-refractivity contribution is 9.09. The predicted molar refractivity (Wildman–Crippen MR) is 61.6 cm³/mol. The normalized spacial score (nSPS) is 10.8. The highest BCUT2D eigenvalue weighted by Gasteiger charge is 2.12. The Kier molecular flexibility index (Phi) is 11.5. The molecule has 5 N–H and O–H groups in total. The lowest BCUT2D eigenvalue weighted by molar-refractivity contribution is -0.404. The lowest BCUT2D eigenvalue weighted by atomic mass is 10.1. The highest BCUT2D eigenvalue weighted by Crippen LogP contribution is 1.92. The Labute approximate surface area is 103 Å². The summed E-state index contributed by atoms with van der Waals surface area (Å²) in [4.78, 5) is 30.7. The summed E-state index contributed by atoms with van der Waals surface area (Å²) in [5.41, 5.74) is 8.39. The first-order chi connectivity index (χ1) is 7.34. The van der Waals surface area contributed by atoms with Crippen molar-refractivity contribution in [1.82, 2.24) is 0 Å². The second-order valence-corrected chi connectivity index (χ2v) is 3.61. The van der Waals surface area contributed by atoms with Crippen molar-refractivity contribution in [2.75, 3.05) is 12.4 Å². The Morgan fingerprint density at radius 3 is 2.12 bits per heavy atom. The molecule has 0 rings (SSSR count). The Bertz CT molecular complexity index is 240. The molecule has 0 fully saturated rings. The number of halogens is 1. The Morgan fingerprint density at radius 1 is 1.44 bits per heavy atom. The number of ether oxygens (including phenoxy) is 1. The largest absolute Gasteiger partial charge is 0.468 e. The van der Waals surface area contributed by atoms with Crippen molar-refractivity contribution >= 4 is 33.6 Å². The fourth-order valence-corrected chi connectivity index (χ4v) is 0.803. The molecule has 0 spiro atoms. The van der Waals surface area contributed by atoms with Crippen LogP contribution in [0.1, 0.15) is 19.8 Å². The molecule has 1 atom stereocenters. The van der Waals surface area contributed by atoms with E-state index >= 15 is 0 Å². The van der Waals surface area contributed by atoms with Gasteiger partial charge in [-0.05, 0) is 6.92 Å². The third-order valence-corrected chi connectivity index (χ3v) is 2.04. The number of methoxy groups -OCH3 is 1. The molecule has 0 aliphatic heterocycles. The maximum atomic E-state index is 10.4. The SMILES string of the molecule is CC(=O)CC[C@H]([NH3+])C(N)=O.COC(=O)CBr. The summed E-state index contributed by atoms with van der Waals surface area (Å²) in [5.74, 6) is -0.619. The molecule has 0 radical (unpaired) electrons. The maximum absolute atomic E-state index is 10.4. The monoisotopic (exact) mass is 297 g/mol. The summed E-state index contributed by atoms with van der Waals surface area (Å²) < 4.78 is 4.21. The number of hydrogen-bond acceptors (Lipinski definition) is 4. The van der Waals surface area contributed by atoms with Crippen LogP contribution in [-0.4, -0.2) is 36.1 Å². The summed E-state index contributed by atoms with van der Waals surface area (Å²) in [6.07, 6.45) is 0.849. The lowest BCUT2D eigenvalue weighted by Gasteiger charge is -2.00. The van der Waals surface area contributed by atoms with Gasteiger partial charge in [-0.15, -0.1) is 0 Å². The lowest BCUT2D eigenvalue weighted by Crippen LogP contribution is -2.66. The van der Waals surface area contributed by atoms with E-state index in [9.17, 15) is 14.4 Å². The molecule has 16 heavy (non-hydrogen) atoms. The zero-order valence-corrected chi connectivity index (χ0v) is 11.1. The fourth-order valence-electron chi connectivity index (χ4n) is 0.574. The van der Waals surface area contributed by atoms with Crippen molar-refractivity contribution in [2.24, 2.45) is 5.73 Å². The molecule has 94 valence electrons. The van der Waals surface area contributed by atoms with E-state index in [2.05, 4.69) is 26.4 Å². The van der Waals surface area contributed by atoms with Gasteiger partial charge < -0.3 is 21.0 Å². The number of nitrogens with two attached hydrogens (primary N) is 1. The molecule has 7 heteroatoms. The Morgan fingerprint density at radius 2 is 1.94 bits per heavy atom. The van der Waals surface area contributed by atoms with Gasteiger partial charge in [0.1, 0.15) is 11.1 Å². The van der Waals surface area contributed by atoms with E-state index in [0.717, 1.165) is 0 Å². The number of quaternary nitrogens is 1. The minimum Gasteiger partial charge on any atom is -0.468 e. The third-order valence-electron chi connectivity index (χ3n) is 1.58. The molecule has 0 heterocycles. The molecule has 0 aromatic carbocycles. The van der Waals surface area contributed by atoms with Crippen LogP contribution < -0.4 is 11.5 Å². The van der Waals surface area contributed by atoms with Gasteiger partial charge in [0.05, 0.1) is 7.11 Å². The first-order valence-electron chi connectivity index (χ1n) is 4.59. The number of carbonyl (C=O) groups is 3. The molecule has 0 aliphatic carbocycles. The zero-order valence-electron chi connectivity index (χ0n) is 9.49. The van der Waals surface area contributed by atoms with Gasteiger partial charge in [-0.1, -0.05) is 15.9 Å². The van der Waals surface area contributed by atoms with E-state index < -0.39 is 11.9 Å². The van der Waals surface area contributed by atoms with E-state index in [0.29, 0.717) is 12.8 Å². The molecule has 6 nitrogen and oxygen atoms in total. The first kappa shape index (κ1) is 17.4. The molecule has 0 aromatic rings. The smallest absolute Gasteiger partial charge is 0.316 e. The number of primary amides is 1.